The van der Waals surface area contributed by atoms with Gasteiger partial charge < -0.3 is 11.1 Å². The maximum atomic E-state index is 12.8. The van der Waals surface area contributed by atoms with Gasteiger partial charge in [-0.2, -0.15) is 5.10 Å². The zero-order valence-corrected chi connectivity index (χ0v) is 17.1. The Labute approximate surface area is 172 Å². The van der Waals surface area contributed by atoms with E-state index < -0.39 is 5.41 Å². The van der Waals surface area contributed by atoms with E-state index in [9.17, 15) is 4.79 Å². The molecule has 0 unspecified atom stereocenters. The third kappa shape index (κ3) is 4.71. The third-order valence-electron chi connectivity index (χ3n) is 5.76. The van der Waals surface area contributed by atoms with Crippen LogP contribution in [0.15, 0.2) is 61.2 Å². The molecule has 0 saturated carbocycles. The molecule has 0 saturated heterocycles. The van der Waals surface area contributed by atoms with Crippen molar-refractivity contribution >= 4 is 5.91 Å². The zero-order chi connectivity index (χ0) is 20.7. The van der Waals surface area contributed by atoms with Crippen LogP contribution in [0.25, 0.3) is 11.1 Å². The van der Waals surface area contributed by atoms with Crippen LogP contribution in [-0.2, 0) is 17.9 Å². The van der Waals surface area contributed by atoms with Gasteiger partial charge in [-0.1, -0.05) is 62.4 Å². The Morgan fingerprint density at radius 2 is 1.83 bits per heavy atom. The molecule has 0 radical (unpaired) electrons. The smallest absolute Gasteiger partial charge is 0.227 e. The molecule has 152 valence electrons. The van der Waals surface area contributed by atoms with E-state index in [1.54, 1.807) is 11.0 Å². The highest BCUT2D eigenvalue weighted by atomic mass is 16.2. The quantitative estimate of drug-likeness (QED) is 0.585. The molecule has 3 rings (SSSR count). The number of nitrogens with zero attached hydrogens (tertiary/aromatic N) is 3. The van der Waals surface area contributed by atoms with E-state index in [0.717, 1.165) is 35.1 Å². The van der Waals surface area contributed by atoms with Gasteiger partial charge in [-0.25, -0.2) is 9.67 Å². The molecule has 1 amide bonds. The number of nitrogens with one attached hydrogen (secondary N) is 1. The minimum atomic E-state index is -0.488. The Balaban J connectivity index is 1.74. The predicted molar refractivity (Wildman–Crippen MR) is 115 cm³/mol. The first-order chi connectivity index (χ1) is 14.1. The fourth-order valence-electron chi connectivity index (χ4n) is 3.56. The van der Waals surface area contributed by atoms with Gasteiger partial charge in [0, 0.05) is 13.1 Å². The number of carbonyl (C=O) groups excluding carboxylic acids is 1. The summed E-state index contributed by atoms with van der Waals surface area (Å²) in [5.74, 6) is 0.0305. The van der Waals surface area contributed by atoms with Crippen molar-refractivity contribution in [1.82, 2.24) is 20.1 Å². The van der Waals surface area contributed by atoms with Crippen molar-refractivity contribution in [1.29, 1.82) is 0 Å². The van der Waals surface area contributed by atoms with Crippen molar-refractivity contribution in [3.63, 3.8) is 0 Å². The summed E-state index contributed by atoms with van der Waals surface area (Å²) in [7, 11) is 0. The molecule has 0 aliphatic heterocycles. The topological polar surface area (TPSA) is 85.8 Å². The van der Waals surface area contributed by atoms with Gasteiger partial charge in [0.15, 0.2) is 0 Å². The van der Waals surface area contributed by atoms with E-state index in [0.29, 0.717) is 19.6 Å². The number of benzene rings is 2. The largest absolute Gasteiger partial charge is 0.351 e. The van der Waals surface area contributed by atoms with Gasteiger partial charge in [0.25, 0.3) is 0 Å². The fraction of sp³-hybridized carbons (Fsp3) is 0.348. The highest BCUT2D eigenvalue weighted by Crippen LogP contribution is 2.27. The van der Waals surface area contributed by atoms with Crippen molar-refractivity contribution in [2.24, 2.45) is 11.1 Å². The molecule has 1 heterocycles. The van der Waals surface area contributed by atoms with Gasteiger partial charge in [0.05, 0.1) is 12.0 Å². The van der Waals surface area contributed by atoms with Crippen LogP contribution in [0.3, 0.4) is 0 Å². The number of hydrogen-bond acceptors (Lipinski definition) is 4. The van der Waals surface area contributed by atoms with Crippen LogP contribution in [0.2, 0.25) is 0 Å². The predicted octanol–water partition coefficient (Wildman–Crippen LogP) is 3.37. The molecule has 0 fully saturated rings. The van der Waals surface area contributed by atoms with Gasteiger partial charge in [-0.3, -0.25) is 4.79 Å². The Kier molecular flexibility index (Phi) is 6.77. The summed E-state index contributed by atoms with van der Waals surface area (Å²) in [5, 5.41) is 7.25. The van der Waals surface area contributed by atoms with Gasteiger partial charge in [-0.15, -0.1) is 0 Å². The van der Waals surface area contributed by atoms with Crippen LogP contribution in [0.5, 0.6) is 0 Å². The van der Waals surface area contributed by atoms with Crippen molar-refractivity contribution in [2.45, 2.75) is 39.8 Å². The maximum Gasteiger partial charge on any atom is 0.227 e. The first kappa shape index (κ1) is 20.7. The van der Waals surface area contributed by atoms with E-state index in [1.165, 1.54) is 6.33 Å². The van der Waals surface area contributed by atoms with Crippen LogP contribution in [0.4, 0.5) is 0 Å². The summed E-state index contributed by atoms with van der Waals surface area (Å²) < 4.78 is 1.80. The average Bonchev–Trinajstić information content (AvgIpc) is 3.28. The Morgan fingerprint density at radius 3 is 2.45 bits per heavy atom. The first-order valence-electron chi connectivity index (χ1n) is 10.1. The molecule has 0 atom stereocenters. The normalized spacial score (nSPS) is 11.4. The second-order valence-electron chi connectivity index (χ2n) is 7.32. The molecule has 6 heteroatoms. The van der Waals surface area contributed by atoms with Gasteiger partial charge in [0.1, 0.15) is 12.7 Å². The molecule has 29 heavy (non-hydrogen) atoms. The Bertz CT molecular complexity index is 906. The van der Waals surface area contributed by atoms with Crippen molar-refractivity contribution in [2.75, 3.05) is 6.54 Å². The Hall–Kier alpha value is -2.99. The standard InChI is InChI=1S/C23H29N5O/c1-3-23(4-2,15-24)22(29)26-13-20-7-5-6-8-21(20)19-11-9-18(10-12-19)14-28-17-25-16-27-28/h5-12,16-17H,3-4,13-15,24H2,1-2H3,(H,26,29). The summed E-state index contributed by atoms with van der Waals surface area (Å²) in [6, 6.07) is 16.6. The minimum absolute atomic E-state index is 0.0305. The number of nitrogens with two attached hydrogens (primary N) is 1. The lowest BCUT2D eigenvalue weighted by Gasteiger charge is -2.28. The number of carbonyl (C=O) groups is 1. The summed E-state index contributed by atoms with van der Waals surface area (Å²) in [5.41, 5.74) is 9.90. The van der Waals surface area contributed by atoms with Crippen LogP contribution in [0, 0.1) is 5.41 Å². The van der Waals surface area contributed by atoms with E-state index in [4.69, 9.17) is 5.73 Å². The molecule has 2 aromatic carbocycles. The van der Waals surface area contributed by atoms with Crippen LogP contribution in [0.1, 0.15) is 37.8 Å². The van der Waals surface area contributed by atoms with Crippen molar-refractivity contribution < 1.29 is 4.79 Å². The third-order valence-corrected chi connectivity index (χ3v) is 5.76. The fourth-order valence-corrected chi connectivity index (χ4v) is 3.56. The molecular weight excluding hydrogens is 362 g/mol. The van der Waals surface area contributed by atoms with Crippen molar-refractivity contribution in [3.05, 3.63) is 72.3 Å². The summed E-state index contributed by atoms with van der Waals surface area (Å²) in [4.78, 5) is 16.7. The SMILES string of the molecule is CCC(CC)(CN)C(=O)NCc1ccccc1-c1ccc(Cn2cncn2)cc1. The lowest BCUT2D eigenvalue weighted by Crippen LogP contribution is -2.45. The summed E-state index contributed by atoms with van der Waals surface area (Å²) >= 11 is 0. The molecule has 3 aromatic rings. The van der Waals surface area contributed by atoms with Gasteiger partial charge in [0.2, 0.25) is 5.91 Å². The van der Waals surface area contributed by atoms with Crippen LogP contribution in [-0.4, -0.2) is 27.2 Å². The summed E-state index contributed by atoms with van der Waals surface area (Å²) in [6.07, 6.45) is 4.72. The molecule has 0 aliphatic carbocycles. The lowest BCUT2D eigenvalue weighted by atomic mass is 9.81. The average molecular weight is 392 g/mol. The van der Waals surface area contributed by atoms with Crippen LogP contribution < -0.4 is 11.1 Å². The molecule has 6 nitrogen and oxygen atoms in total. The Morgan fingerprint density at radius 1 is 1.10 bits per heavy atom. The number of hydrogen-bond donors (Lipinski definition) is 2. The monoisotopic (exact) mass is 391 g/mol. The van der Waals surface area contributed by atoms with E-state index in [2.05, 4.69) is 51.8 Å². The molecule has 0 bridgehead atoms. The number of rotatable bonds is 9. The van der Waals surface area contributed by atoms with Gasteiger partial charge in [-0.05, 0) is 35.1 Å². The molecule has 0 aliphatic rings. The minimum Gasteiger partial charge on any atom is -0.351 e. The van der Waals surface area contributed by atoms with E-state index in [-0.39, 0.29) is 5.91 Å². The van der Waals surface area contributed by atoms with Crippen LogP contribution >= 0.6 is 0 Å². The molecule has 3 N–H and O–H groups in total. The molecular formula is C23H29N5O. The number of aromatic nitrogens is 3. The summed E-state index contributed by atoms with van der Waals surface area (Å²) in [6.45, 7) is 5.57. The first-order valence-corrected chi connectivity index (χ1v) is 10.1. The zero-order valence-electron chi connectivity index (χ0n) is 17.1. The molecule has 1 aromatic heterocycles. The molecule has 0 spiro atoms. The van der Waals surface area contributed by atoms with E-state index >= 15 is 0 Å². The second kappa shape index (κ2) is 9.47. The highest BCUT2D eigenvalue weighted by molar-refractivity contribution is 5.83. The number of amides is 1. The lowest BCUT2D eigenvalue weighted by molar-refractivity contribution is -0.131. The van der Waals surface area contributed by atoms with Gasteiger partial charge >= 0.3 is 0 Å². The second-order valence-corrected chi connectivity index (χ2v) is 7.32. The van der Waals surface area contributed by atoms with Crippen molar-refractivity contribution in [3.8, 4) is 11.1 Å². The maximum absolute atomic E-state index is 12.8. The van der Waals surface area contributed by atoms with E-state index in [1.807, 2.05) is 26.0 Å². The highest BCUT2D eigenvalue weighted by Gasteiger charge is 2.33.